The number of rotatable bonds is 2. The minimum Gasteiger partial charge on any atom is -0.334 e. The number of hydrogen-bond donors (Lipinski definition) is 1. The number of fused-ring (bicyclic) bond motifs is 1. The fraction of sp³-hybridized carbons (Fsp3) is 0.467. The first kappa shape index (κ1) is 15.9. The Morgan fingerprint density at radius 3 is 2.65 bits per heavy atom. The van der Waals surface area contributed by atoms with Gasteiger partial charge in [0.25, 0.3) is 5.89 Å². The van der Waals surface area contributed by atoms with E-state index >= 15 is 0 Å². The number of pyridine rings is 1. The molecule has 0 saturated heterocycles. The molecule has 4 rings (SSSR count). The first-order chi connectivity index (χ1) is 10.5. The van der Waals surface area contributed by atoms with E-state index in [-0.39, 0.29) is 12.4 Å². The molecule has 3 aromatic heterocycles. The maximum absolute atomic E-state index is 6.28. The maximum atomic E-state index is 6.28. The van der Waals surface area contributed by atoms with Crippen molar-refractivity contribution in [2.45, 2.75) is 38.6 Å². The van der Waals surface area contributed by atoms with E-state index in [2.05, 4.69) is 20.2 Å². The number of nitrogens with zero attached hydrogens (tertiary/aromatic N) is 5. The van der Waals surface area contributed by atoms with E-state index in [0.717, 1.165) is 47.2 Å². The Morgan fingerprint density at radius 1 is 1.26 bits per heavy atom. The highest BCUT2D eigenvalue weighted by molar-refractivity contribution is 5.92. The fourth-order valence-corrected chi connectivity index (χ4v) is 3.06. The summed E-state index contributed by atoms with van der Waals surface area (Å²) in [5, 5.41) is 9.49. The van der Waals surface area contributed by atoms with Gasteiger partial charge in [0, 0.05) is 12.7 Å². The lowest BCUT2D eigenvalue weighted by molar-refractivity contribution is 0.229. The van der Waals surface area contributed by atoms with Crippen LogP contribution in [-0.2, 0) is 12.6 Å². The van der Waals surface area contributed by atoms with Crippen molar-refractivity contribution in [3.63, 3.8) is 0 Å². The topological polar surface area (TPSA) is 95.6 Å². The molecule has 0 unspecified atom stereocenters. The third-order valence-electron chi connectivity index (χ3n) is 4.44. The molecule has 0 bridgehead atoms. The number of hydrogen-bond acceptors (Lipinski definition) is 6. The van der Waals surface area contributed by atoms with Crippen LogP contribution in [0.5, 0.6) is 0 Å². The van der Waals surface area contributed by atoms with Gasteiger partial charge in [-0.2, -0.15) is 10.1 Å². The number of aryl methyl sites for hydroxylation is 3. The largest absolute Gasteiger partial charge is 0.334 e. The van der Waals surface area contributed by atoms with Crippen molar-refractivity contribution in [3.8, 4) is 11.5 Å². The van der Waals surface area contributed by atoms with Crippen molar-refractivity contribution in [1.29, 1.82) is 0 Å². The summed E-state index contributed by atoms with van der Waals surface area (Å²) in [4.78, 5) is 9.10. The zero-order valence-electron chi connectivity index (χ0n) is 13.3. The van der Waals surface area contributed by atoms with E-state index in [1.165, 1.54) is 0 Å². The summed E-state index contributed by atoms with van der Waals surface area (Å²) < 4.78 is 7.27. The van der Waals surface area contributed by atoms with E-state index in [1.807, 2.05) is 27.0 Å². The molecular formula is C15H19ClN6O. The number of halogens is 1. The molecule has 0 amide bonds. The lowest BCUT2D eigenvalue weighted by Crippen LogP contribution is -2.44. The third kappa shape index (κ3) is 2.31. The standard InChI is InChI=1S/C15H18N6O.ClH/c1-8-7-10(11-9(2)19-21(3)12(11)17-8)13-18-14(20-22-13)15(16)5-4-6-15;/h7H,4-6,16H2,1-3H3;1H. The molecule has 0 aliphatic heterocycles. The molecule has 0 spiro atoms. The minimum absolute atomic E-state index is 0. The second-order valence-corrected chi connectivity index (χ2v) is 6.15. The van der Waals surface area contributed by atoms with Gasteiger partial charge in [-0.05, 0) is 39.2 Å². The predicted molar refractivity (Wildman–Crippen MR) is 88.2 cm³/mol. The van der Waals surface area contributed by atoms with Crippen LogP contribution in [0.4, 0.5) is 0 Å². The van der Waals surface area contributed by atoms with Gasteiger partial charge in [-0.3, -0.25) is 4.68 Å². The van der Waals surface area contributed by atoms with Crippen molar-refractivity contribution >= 4 is 23.4 Å². The summed E-state index contributed by atoms with van der Waals surface area (Å²) in [5.41, 5.74) is 9.32. The van der Waals surface area contributed by atoms with Crippen LogP contribution < -0.4 is 5.73 Å². The van der Waals surface area contributed by atoms with Gasteiger partial charge in [0.15, 0.2) is 11.5 Å². The van der Waals surface area contributed by atoms with Gasteiger partial charge in [0.05, 0.1) is 22.2 Å². The molecular weight excluding hydrogens is 316 g/mol. The van der Waals surface area contributed by atoms with Crippen molar-refractivity contribution < 1.29 is 4.52 Å². The smallest absolute Gasteiger partial charge is 0.258 e. The lowest BCUT2D eigenvalue weighted by atomic mass is 9.77. The monoisotopic (exact) mass is 334 g/mol. The molecule has 3 aromatic rings. The van der Waals surface area contributed by atoms with Crippen LogP contribution in [0.25, 0.3) is 22.5 Å². The average Bonchev–Trinajstić information content (AvgIpc) is 3.02. The van der Waals surface area contributed by atoms with Gasteiger partial charge in [-0.15, -0.1) is 12.4 Å². The quantitative estimate of drug-likeness (QED) is 0.773. The van der Waals surface area contributed by atoms with E-state index in [1.54, 1.807) is 4.68 Å². The van der Waals surface area contributed by atoms with Gasteiger partial charge in [0.2, 0.25) is 0 Å². The molecule has 0 radical (unpaired) electrons. The van der Waals surface area contributed by atoms with Gasteiger partial charge in [-0.25, -0.2) is 4.98 Å². The Bertz CT molecular complexity index is 880. The molecule has 0 aromatic carbocycles. The second-order valence-electron chi connectivity index (χ2n) is 6.15. The van der Waals surface area contributed by atoms with Crippen molar-refractivity contribution in [2.24, 2.45) is 12.8 Å². The Morgan fingerprint density at radius 2 is 2.00 bits per heavy atom. The van der Waals surface area contributed by atoms with E-state index in [0.29, 0.717) is 11.7 Å². The number of aromatic nitrogens is 5. The fourth-order valence-electron chi connectivity index (χ4n) is 3.06. The first-order valence-electron chi connectivity index (χ1n) is 7.42. The number of nitrogens with two attached hydrogens (primary N) is 1. The molecule has 1 fully saturated rings. The molecule has 1 aliphatic carbocycles. The Labute approximate surface area is 139 Å². The molecule has 23 heavy (non-hydrogen) atoms. The van der Waals surface area contributed by atoms with Gasteiger partial charge in [-0.1, -0.05) is 5.16 Å². The second kappa shape index (κ2) is 5.28. The highest BCUT2D eigenvalue weighted by atomic mass is 35.5. The SMILES string of the molecule is Cc1cc(-c2nc(C3(N)CCC3)no2)c2c(C)nn(C)c2n1.Cl. The Kier molecular flexibility index (Phi) is 3.65. The van der Waals surface area contributed by atoms with Crippen LogP contribution in [0, 0.1) is 13.8 Å². The Hall–Kier alpha value is -1.99. The van der Waals surface area contributed by atoms with Crippen LogP contribution >= 0.6 is 12.4 Å². The summed E-state index contributed by atoms with van der Waals surface area (Å²) in [6.45, 7) is 3.90. The zero-order valence-corrected chi connectivity index (χ0v) is 14.1. The van der Waals surface area contributed by atoms with E-state index < -0.39 is 5.54 Å². The van der Waals surface area contributed by atoms with Crippen LogP contribution in [0.2, 0.25) is 0 Å². The van der Waals surface area contributed by atoms with Crippen molar-refractivity contribution in [2.75, 3.05) is 0 Å². The Balaban J connectivity index is 0.00000156. The van der Waals surface area contributed by atoms with Crippen LogP contribution in [-0.4, -0.2) is 24.9 Å². The van der Waals surface area contributed by atoms with Crippen LogP contribution in [0.1, 0.15) is 36.5 Å². The highest BCUT2D eigenvalue weighted by Gasteiger charge is 2.39. The van der Waals surface area contributed by atoms with E-state index in [4.69, 9.17) is 10.3 Å². The average molecular weight is 335 g/mol. The first-order valence-corrected chi connectivity index (χ1v) is 7.42. The van der Waals surface area contributed by atoms with Gasteiger partial charge >= 0.3 is 0 Å². The maximum Gasteiger partial charge on any atom is 0.258 e. The van der Waals surface area contributed by atoms with E-state index in [9.17, 15) is 0 Å². The minimum atomic E-state index is -0.424. The molecule has 1 saturated carbocycles. The van der Waals surface area contributed by atoms with Crippen molar-refractivity contribution in [1.82, 2.24) is 24.9 Å². The molecule has 0 atom stereocenters. The molecule has 122 valence electrons. The third-order valence-corrected chi connectivity index (χ3v) is 4.44. The summed E-state index contributed by atoms with van der Waals surface area (Å²) in [6, 6.07) is 1.96. The molecule has 2 N–H and O–H groups in total. The summed E-state index contributed by atoms with van der Waals surface area (Å²) in [6.07, 6.45) is 2.92. The predicted octanol–water partition coefficient (Wildman–Crippen LogP) is 2.39. The highest BCUT2D eigenvalue weighted by Crippen LogP contribution is 2.38. The van der Waals surface area contributed by atoms with Crippen molar-refractivity contribution in [3.05, 3.63) is 23.3 Å². The molecule has 8 heteroatoms. The summed E-state index contributed by atoms with van der Waals surface area (Å²) >= 11 is 0. The molecule has 3 heterocycles. The van der Waals surface area contributed by atoms with Gasteiger partial charge < -0.3 is 10.3 Å². The van der Waals surface area contributed by atoms with Crippen LogP contribution in [0.15, 0.2) is 10.6 Å². The zero-order chi connectivity index (χ0) is 15.5. The van der Waals surface area contributed by atoms with Gasteiger partial charge in [0.1, 0.15) is 0 Å². The molecule has 7 nitrogen and oxygen atoms in total. The molecule has 1 aliphatic rings. The summed E-state index contributed by atoms with van der Waals surface area (Å²) in [7, 11) is 1.88. The normalized spacial score (nSPS) is 16.2. The lowest BCUT2D eigenvalue weighted by Gasteiger charge is -2.34. The summed E-state index contributed by atoms with van der Waals surface area (Å²) in [5.74, 6) is 1.08. The van der Waals surface area contributed by atoms with Crippen LogP contribution in [0.3, 0.4) is 0 Å².